The SMILES string of the molecule is CCCCCCCCCCCCC(=O)O[C@H](COC(=O)CCCCCCCCCCC)COC(=O)CCCCCCCCCCCCCCCC(C)C. The summed E-state index contributed by atoms with van der Waals surface area (Å²) in [4.78, 5) is 37.6. The fourth-order valence-electron chi connectivity index (χ4n) is 6.98. The van der Waals surface area contributed by atoms with E-state index in [1.807, 2.05) is 0 Å². The average molecular weight is 751 g/mol. The monoisotopic (exact) mass is 751 g/mol. The van der Waals surface area contributed by atoms with Crippen molar-refractivity contribution in [2.45, 2.75) is 265 Å². The summed E-state index contributed by atoms with van der Waals surface area (Å²) in [5.41, 5.74) is 0. The summed E-state index contributed by atoms with van der Waals surface area (Å²) in [6.07, 6.45) is 40.9. The first kappa shape index (κ1) is 51.4. The number of carbonyl (C=O) groups excluding carboxylic acids is 3. The molecule has 0 aliphatic heterocycles. The van der Waals surface area contributed by atoms with E-state index in [1.54, 1.807) is 0 Å². The molecule has 0 aromatic carbocycles. The zero-order chi connectivity index (χ0) is 38.9. The lowest BCUT2D eigenvalue weighted by molar-refractivity contribution is -0.167. The van der Waals surface area contributed by atoms with E-state index in [0.717, 1.165) is 63.7 Å². The van der Waals surface area contributed by atoms with Crippen molar-refractivity contribution >= 4 is 17.9 Å². The summed E-state index contributed by atoms with van der Waals surface area (Å²) < 4.78 is 16.7. The van der Waals surface area contributed by atoms with Crippen molar-refractivity contribution in [3.05, 3.63) is 0 Å². The Labute approximate surface area is 329 Å². The van der Waals surface area contributed by atoms with Crippen LogP contribution in [-0.2, 0) is 28.6 Å². The Morgan fingerprint density at radius 2 is 0.623 bits per heavy atom. The molecular formula is C47H90O6. The summed E-state index contributed by atoms with van der Waals surface area (Å²) in [7, 11) is 0. The van der Waals surface area contributed by atoms with Crippen molar-refractivity contribution in [3.63, 3.8) is 0 Å². The smallest absolute Gasteiger partial charge is 0.306 e. The van der Waals surface area contributed by atoms with Gasteiger partial charge in [-0.25, -0.2) is 0 Å². The third-order valence-electron chi connectivity index (χ3n) is 10.5. The molecule has 0 heterocycles. The van der Waals surface area contributed by atoms with Crippen LogP contribution < -0.4 is 0 Å². The molecule has 0 saturated heterocycles. The van der Waals surface area contributed by atoms with Crippen molar-refractivity contribution < 1.29 is 28.6 Å². The molecule has 0 aromatic rings. The van der Waals surface area contributed by atoms with Crippen LogP contribution in [-0.4, -0.2) is 37.2 Å². The van der Waals surface area contributed by atoms with Crippen LogP contribution >= 0.6 is 0 Å². The number of esters is 3. The van der Waals surface area contributed by atoms with Crippen molar-refractivity contribution in [2.75, 3.05) is 13.2 Å². The van der Waals surface area contributed by atoms with E-state index in [9.17, 15) is 14.4 Å². The van der Waals surface area contributed by atoms with Gasteiger partial charge in [0, 0.05) is 19.3 Å². The maximum absolute atomic E-state index is 12.7. The lowest BCUT2D eigenvalue weighted by Crippen LogP contribution is -2.30. The molecule has 0 saturated carbocycles. The van der Waals surface area contributed by atoms with Crippen LogP contribution in [0, 0.1) is 5.92 Å². The van der Waals surface area contributed by atoms with Gasteiger partial charge in [0.2, 0.25) is 0 Å². The van der Waals surface area contributed by atoms with Gasteiger partial charge in [-0.3, -0.25) is 14.4 Å². The van der Waals surface area contributed by atoms with E-state index in [2.05, 4.69) is 27.7 Å². The highest BCUT2D eigenvalue weighted by molar-refractivity contribution is 5.71. The number of hydrogen-bond donors (Lipinski definition) is 0. The van der Waals surface area contributed by atoms with Gasteiger partial charge in [0.05, 0.1) is 0 Å². The van der Waals surface area contributed by atoms with E-state index in [1.165, 1.54) is 154 Å². The van der Waals surface area contributed by atoms with E-state index < -0.39 is 6.10 Å². The van der Waals surface area contributed by atoms with Crippen molar-refractivity contribution in [1.82, 2.24) is 0 Å². The molecule has 53 heavy (non-hydrogen) atoms. The number of unbranched alkanes of at least 4 members (excludes halogenated alkanes) is 29. The van der Waals surface area contributed by atoms with Crippen LogP contribution in [0.3, 0.4) is 0 Å². The number of hydrogen-bond acceptors (Lipinski definition) is 6. The Kier molecular flexibility index (Phi) is 40.3. The van der Waals surface area contributed by atoms with Crippen LogP contribution in [0.1, 0.15) is 259 Å². The van der Waals surface area contributed by atoms with E-state index in [0.29, 0.717) is 19.3 Å². The number of rotatable bonds is 42. The average Bonchev–Trinajstić information content (AvgIpc) is 3.14. The molecule has 0 N–H and O–H groups in total. The van der Waals surface area contributed by atoms with E-state index >= 15 is 0 Å². The zero-order valence-electron chi connectivity index (χ0n) is 36.0. The Balaban J connectivity index is 4.25. The number of ether oxygens (including phenoxy) is 3. The fourth-order valence-corrected chi connectivity index (χ4v) is 6.98. The molecule has 0 aliphatic rings. The minimum atomic E-state index is -0.758. The minimum Gasteiger partial charge on any atom is -0.462 e. The predicted octanol–water partition coefficient (Wildman–Crippen LogP) is 14.7. The van der Waals surface area contributed by atoms with Crippen LogP contribution in [0.2, 0.25) is 0 Å². The molecule has 6 heteroatoms. The van der Waals surface area contributed by atoms with E-state index in [4.69, 9.17) is 14.2 Å². The molecule has 0 unspecified atom stereocenters. The lowest BCUT2D eigenvalue weighted by Gasteiger charge is -2.18. The van der Waals surface area contributed by atoms with Crippen molar-refractivity contribution in [2.24, 2.45) is 5.92 Å². The topological polar surface area (TPSA) is 78.9 Å². The molecule has 0 amide bonds. The summed E-state index contributed by atoms with van der Waals surface area (Å²) in [6, 6.07) is 0. The Morgan fingerprint density at radius 1 is 0.358 bits per heavy atom. The highest BCUT2D eigenvalue weighted by Gasteiger charge is 2.19. The second kappa shape index (κ2) is 41.6. The van der Waals surface area contributed by atoms with Gasteiger partial charge in [-0.15, -0.1) is 0 Å². The molecule has 0 aliphatic carbocycles. The Bertz CT molecular complexity index is 796. The highest BCUT2D eigenvalue weighted by Crippen LogP contribution is 2.16. The van der Waals surface area contributed by atoms with Crippen LogP contribution in [0.4, 0.5) is 0 Å². The minimum absolute atomic E-state index is 0.0636. The Morgan fingerprint density at radius 3 is 0.925 bits per heavy atom. The maximum Gasteiger partial charge on any atom is 0.306 e. The van der Waals surface area contributed by atoms with Crippen molar-refractivity contribution in [3.8, 4) is 0 Å². The summed E-state index contributed by atoms with van der Waals surface area (Å²) in [5.74, 6) is -0.0159. The first-order chi connectivity index (χ1) is 25.9. The summed E-state index contributed by atoms with van der Waals surface area (Å²) >= 11 is 0. The lowest BCUT2D eigenvalue weighted by atomic mass is 10.0. The molecule has 0 aromatic heterocycles. The van der Waals surface area contributed by atoms with Crippen LogP contribution in [0.25, 0.3) is 0 Å². The van der Waals surface area contributed by atoms with Gasteiger partial charge in [-0.05, 0) is 25.2 Å². The molecule has 0 bridgehead atoms. The van der Waals surface area contributed by atoms with Gasteiger partial charge in [0.1, 0.15) is 13.2 Å². The fraction of sp³-hybridized carbons (Fsp3) is 0.936. The molecule has 1 atom stereocenters. The molecule has 314 valence electrons. The maximum atomic E-state index is 12.7. The van der Waals surface area contributed by atoms with Crippen LogP contribution in [0.15, 0.2) is 0 Å². The van der Waals surface area contributed by atoms with Gasteiger partial charge in [0.15, 0.2) is 6.10 Å². The zero-order valence-corrected chi connectivity index (χ0v) is 36.0. The van der Waals surface area contributed by atoms with Gasteiger partial charge in [-0.1, -0.05) is 220 Å². The molecule has 0 fully saturated rings. The van der Waals surface area contributed by atoms with Gasteiger partial charge < -0.3 is 14.2 Å². The first-order valence-electron chi connectivity index (χ1n) is 23.4. The standard InChI is InChI=1S/C47H90O6/c1-5-7-9-11-13-15-23-28-32-36-40-47(50)53-44(41-51-45(48)38-34-30-26-21-14-12-10-8-6-2)42-52-46(49)39-35-31-27-24-20-18-16-17-19-22-25-29-33-37-43(3)4/h43-44H,5-42H2,1-4H3/t44-/m1/s1. The highest BCUT2D eigenvalue weighted by atomic mass is 16.6. The molecular weight excluding hydrogens is 661 g/mol. The first-order valence-corrected chi connectivity index (χ1v) is 23.4. The number of carbonyl (C=O) groups is 3. The second-order valence-electron chi connectivity index (χ2n) is 16.5. The van der Waals surface area contributed by atoms with Crippen molar-refractivity contribution in [1.29, 1.82) is 0 Å². The molecule has 0 spiro atoms. The second-order valence-corrected chi connectivity index (χ2v) is 16.5. The van der Waals surface area contributed by atoms with E-state index in [-0.39, 0.29) is 31.1 Å². The molecule has 0 rings (SSSR count). The van der Waals surface area contributed by atoms with Gasteiger partial charge in [0.25, 0.3) is 0 Å². The normalized spacial score (nSPS) is 11.9. The third-order valence-corrected chi connectivity index (χ3v) is 10.5. The van der Waals surface area contributed by atoms with Crippen LogP contribution in [0.5, 0.6) is 0 Å². The molecule has 6 nitrogen and oxygen atoms in total. The predicted molar refractivity (Wildman–Crippen MR) is 224 cm³/mol. The summed E-state index contributed by atoms with van der Waals surface area (Å²) in [5, 5.41) is 0. The largest absolute Gasteiger partial charge is 0.462 e. The molecule has 0 radical (unpaired) electrons. The summed E-state index contributed by atoms with van der Waals surface area (Å²) in [6.45, 7) is 8.98. The van der Waals surface area contributed by atoms with Gasteiger partial charge in [-0.2, -0.15) is 0 Å². The van der Waals surface area contributed by atoms with Gasteiger partial charge >= 0.3 is 17.9 Å². The quantitative estimate of drug-likeness (QED) is 0.0351. The third kappa shape index (κ3) is 41.4. The Hall–Kier alpha value is -1.59.